The van der Waals surface area contributed by atoms with E-state index < -0.39 is 11.9 Å². The molecule has 0 unspecified atom stereocenters. The second-order valence-corrected chi connectivity index (χ2v) is 5.78. The minimum Gasteiger partial charge on any atom is -0.426 e. The monoisotopic (exact) mass is 374 g/mol. The fraction of sp³-hybridized carbons (Fsp3) is 0.0455. The SMILES string of the molecule is CC(=O)Oc1ccccc1C(=O)Oc1ccc(C=NNc2ccccc2)cc1. The number of carbonyl (C=O) groups excluding carboxylic acids is 2. The lowest BCUT2D eigenvalue weighted by molar-refractivity contribution is -0.131. The summed E-state index contributed by atoms with van der Waals surface area (Å²) in [6.45, 7) is 1.27. The highest BCUT2D eigenvalue weighted by atomic mass is 16.5. The molecule has 28 heavy (non-hydrogen) atoms. The summed E-state index contributed by atoms with van der Waals surface area (Å²) in [6.07, 6.45) is 1.66. The van der Waals surface area contributed by atoms with Crippen molar-refractivity contribution in [2.45, 2.75) is 6.92 Å². The van der Waals surface area contributed by atoms with Crippen molar-refractivity contribution < 1.29 is 19.1 Å². The van der Waals surface area contributed by atoms with Crippen molar-refractivity contribution in [1.29, 1.82) is 0 Å². The van der Waals surface area contributed by atoms with Gasteiger partial charge in [-0.25, -0.2) is 4.79 Å². The number of anilines is 1. The second kappa shape index (κ2) is 9.14. The number of benzene rings is 3. The molecule has 0 saturated carbocycles. The third-order valence-corrected chi connectivity index (χ3v) is 3.63. The number of hydrazone groups is 1. The lowest BCUT2D eigenvalue weighted by Gasteiger charge is -2.08. The van der Waals surface area contributed by atoms with E-state index in [1.54, 1.807) is 42.6 Å². The van der Waals surface area contributed by atoms with Crippen LogP contribution in [0.15, 0.2) is 84.0 Å². The van der Waals surface area contributed by atoms with Crippen LogP contribution in [0.4, 0.5) is 5.69 Å². The largest absolute Gasteiger partial charge is 0.426 e. The van der Waals surface area contributed by atoms with Crippen LogP contribution in [0.25, 0.3) is 0 Å². The smallest absolute Gasteiger partial charge is 0.347 e. The second-order valence-electron chi connectivity index (χ2n) is 5.78. The Bertz CT molecular complexity index is 983. The predicted octanol–water partition coefficient (Wildman–Crippen LogP) is 4.28. The molecule has 0 atom stereocenters. The van der Waals surface area contributed by atoms with Crippen LogP contribution in [0.1, 0.15) is 22.8 Å². The van der Waals surface area contributed by atoms with Crippen molar-refractivity contribution in [2.75, 3.05) is 5.43 Å². The summed E-state index contributed by atoms with van der Waals surface area (Å²) >= 11 is 0. The zero-order valence-electron chi connectivity index (χ0n) is 15.2. The van der Waals surface area contributed by atoms with Crippen molar-refractivity contribution in [3.05, 3.63) is 90.0 Å². The van der Waals surface area contributed by atoms with Gasteiger partial charge in [-0.15, -0.1) is 0 Å². The van der Waals surface area contributed by atoms with Crippen LogP contribution < -0.4 is 14.9 Å². The summed E-state index contributed by atoms with van der Waals surface area (Å²) in [5, 5.41) is 4.16. The van der Waals surface area contributed by atoms with E-state index in [0.717, 1.165) is 11.3 Å². The van der Waals surface area contributed by atoms with Crippen LogP contribution in [0.2, 0.25) is 0 Å². The molecular formula is C22H18N2O4. The number of nitrogens with one attached hydrogen (secondary N) is 1. The molecule has 0 heterocycles. The van der Waals surface area contributed by atoms with Gasteiger partial charge >= 0.3 is 11.9 Å². The van der Waals surface area contributed by atoms with E-state index in [-0.39, 0.29) is 11.3 Å². The number of ether oxygens (including phenoxy) is 2. The molecule has 0 amide bonds. The maximum Gasteiger partial charge on any atom is 0.347 e. The maximum atomic E-state index is 12.4. The Morgan fingerprint density at radius 3 is 2.25 bits per heavy atom. The van der Waals surface area contributed by atoms with Gasteiger partial charge in [0.15, 0.2) is 0 Å². The van der Waals surface area contributed by atoms with Gasteiger partial charge in [0, 0.05) is 6.92 Å². The summed E-state index contributed by atoms with van der Waals surface area (Å²) in [7, 11) is 0. The molecule has 3 rings (SSSR count). The summed E-state index contributed by atoms with van der Waals surface area (Å²) in [6, 6.07) is 22.9. The molecule has 3 aromatic rings. The first kappa shape index (κ1) is 18.8. The topological polar surface area (TPSA) is 77.0 Å². The molecule has 0 saturated heterocycles. The molecule has 140 valence electrons. The van der Waals surface area contributed by atoms with Crippen LogP contribution in [-0.4, -0.2) is 18.2 Å². The highest BCUT2D eigenvalue weighted by molar-refractivity contribution is 5.94. The molecule has 0 aliphatic rings. The number of nitrogens with zero attached hydrogens (tertiary/aromatic N) is 1. The van der Waals surface area contributed by atoms with Gasteiger partial charge in [-0.1, -0.05) is 30.3 Å². The molecule has 0 aliphatic carbocycles. The van der Waals surface area contributed by atoms with E-state index in [1.165, 1.54) is 19.1 Å². The molecule has 3 aromatic carbocycles. The number of rotatable bonds is 6. The first-order valence-electron chi connectivity index (χ1n) is 8.55. The van der Waals surface area contributed by atoms with Gasteiger partial charge in [0.2, 0.25) is 0 Å². The van der Waals surface area contributed by atoms with Crippen LogP contribution in [0.5, 0.6) is 11.5 Å². The quantitative estimate of drug-likeness (QED) is 0.302. The van der Waals surface area contributed by atoms with Crippen molar-refractivity contribution in [2.24, 2.45) is 5.10 Å². The van der Waals surface area contributed by atoms with E-state index >= 15 is 0 Å². The lowest BCUT2D eigenvalue weighted by atomic mass is 10.2. The number of carbonyl (C=O) groups is 2. The standard InChI is InChI=1S/C22H18N2O4/c1-16(25)27-21-10-6-5-9-20(21)22(26)28-19-13-11-17(12-14-19)15-23-24-18-7-3-2-4-8-18/h2-15,24H,1H3. The highest BCUT2D eigenvalue weighted by Gasteiger charge is 2.15. The average molecular weight is 374 g/mol. The maximum absolute atomic E-state index is 12.4. The third-order valence-electron chi connectivity index (χ3n) is 3.63. The Morgan fingerprint density at radius 2 is 1.54 bits per heavy atom. The van der Waals surface area contributed by atoms with Crippen molar-refractivity contribution in [3.8, 4) is 11.5 Å². The van der Waals surface area contributed by atoms with E-state index in [1.807, 2.05) is 30.3 Å². The van der Waals surface area contributed by atoms with Crippen molar-refractivity contribution >= 4 is 23.8 Å². The molecule has 0 bridgehead atoms. The third kappa shape index (κ3) is 5.28. The van der Waals surface area contributed by atoms with Gasteiger partial charge in [0.25, 0.3) is 0 Å². The fourth-order valence-electron chi connectivity index (χ4n) is 2.36. The van der Waals surface area contributed by atoms with Gasteiger partial charge in [-0.05, 0) is 54.1 Å². The molecule has 0 fully saturated rings. The Morgan fingerprint density at radius 1 is 0.857 bits per heavy atom. The van der Waals surface area contributed by atoms with Crippen molar-refractivity contribution in [1.82, 2.24) is 0 Å². The van der Waals surface area contributed by atoms with E-state index in [4.69, 9.17) is 9.47 Å². The molecule has 1 N–H and O–H groups in total. The highest BCUT2D eigenvalue weighted by Crippen LogP contribution is 2.21. The number of hydrogen-bond acceptors (Lipinski definition) is 6. The molecule has 0 spiro atoms. The van der Waals surface area contributed by atoms with E-state index in [9.17, 15) is 9.59 Å². The molecule has 0 aliphatic heterocycles. The zero-order valence-corrected chi connectivity index (χ0v) is 15.2. The van der Waals surface area contributed by atoms with Crippen LogP contribution in [0.3, 0.4) is 0 Å². The summed E-state index contributed by atoms with van der Waals surface area (Å²) in [4.78, 5) is 23.5. The minimum atomic E-state index is -0.607. The van der Waals surface area contributed by atoms with Gasteiger partial charge < -0.3 is 9.47 Å². The van der Waals surface area contributed by atoms with Gasteiger partial charge in [0.1, 0.15) is 17.1 Å². The van der Waals surface area contributed by atoms with Crippen LogP contribution in [-0.2, 0) is 4.79 Å². The van der Waals surface area contributed by atoms with Gasteiger partial charge in [0.05, 0.1) is 11.9 Å². The number of esters is 2. The van der Waals surface area contributed by atoms with Crippen LogP contribution >= 0.6 is 0 Å². The average Bonchev–Trinajstić information content (AvgIpc) is 2.70. The first-order valence-corrected chi connectivity index (χ1v) is 8.55. The summed E-state index contributed by atoms with van der Waals surface area (Å²) < 4.78 is 10.4. The predicted molar refractivity (Wildman–Crippen MR) is 107 cm³/mol. The first-order chi connectivity index (χ1) is 13.6. The Kier molecular flexibility index (Phi) is 6.15. The molecule has 6 nitrogen and oxygen atoms in total. The number of hydrogen-bond donors (Lipinski definition) is 1. The Labute approximate surface area is 162 Å². The summed E-state index contributed by atoms with van der Waals surface area (Å²) in [5.74, 6) is -0.580. The normalized spacial score (nSPS) is 10.5. The van der Waals surface area contributed by atoms with Gasteiger partial charge in [-0.3, -0.25) is 10.2 Å². The molecule has 6 heteroatoms. The summed E-state index contributed by atoms with van der Waals surface area (Å²) in [5.41, 5.74) is 4.82. The molecule has 0 aromatic heterocycles. The van der Waals surface area contributed by atoms with Crippen molar-refractivity contribution in [3.63, 3.8) is 0 Å². The lowest BCUT2D eigenvalue weighted by Crippen LogP contribution is -2.12. The molecule has 0 radical (unpaired) electrons. The molecular weight excluding hydrogens is 356 g/mol. The Hall–Kier alpha value is -3.93. The van der Waals surface area contributed by atoms with Gasteiger partial charge in [-0.2, -0.15) is 5.10 Å². The van der Waals surface area contributed by atoms with Crippen LogP contribution in [0, 0.1) is 0 Å². The number of para-hydroxylation sites is 2. The Balaban J connectivity index is 1.63. The zero-order chi connectivity index (χ0) is 19.8. The fourth-order valence-corrected chi connectivity index (χ4v) is 2.36. The minimum absolute atomic E-state index is 0.163. The van der Waals surface area contributed by atoms with E-state index in [2.05, 4.69) is 10.5 Å². The van der Waals surface area contributed by atoms with E-state index in [0.29, 0.717) is 5.75 Å².